The van der Waals surface area contributed by atoms with Crippen molar-refractivity contribution in [3.05, 3.63) is 150 Å². The fraction of sp³-hybridized carbons (Fsp3) is 0.143. The van der Waals surface area contributed by atoms with E-state index in [0.29, 0.717) is 0 Å². The molecule has 0 unspecified atom stereocenters. The van der Waals surface area contributed by atoms with Crippen LogP contribution in [0.3, 0.4) is 0 Å². The van der Waals surface area contributed by atoms with E-state index in [9.17, 15) is 0 Å². The molecule has 2 aliphatic rings. The summed E-state index contributed by atoms with van der Waals surface area (Å²) in [5, 5.41) is 2.63. The van der Waals surface area contributed by atoms with Crippen molar-refractivity contribution in [1.29, 1.82) is 0 Å². The molecule has 1 saturated carbocycles. The third-order valence-electron chi connectivity index (χ3n) is 10.1. The molecule has 0 bridgehead atoms. The average molecular weight is 602 g/mol. The topological polar surface area (TPSA) is 3.24 Å². The molecule has 1 fully saturated rings. The van der Waals surface area contributed by atoms with E-state index < -0.39 is 0 Å². The summed E-state index contributed by atoms with van der Waals surface area (Å²) < 4.78 is 17.8. The molecule has 0 atom stereocenters. The average Bonchev–Trinajstić information content (AvgIpc) is 3.48. The smallest absolute Gasteiger partial charge is 0.123 e. The quantitative estimate of drug-likeness (QED) is 0.195. The zero-order valence-electron chi connectivity index (χ0n) is 25.0. The molecule has 0 saturated heterocycles. The van der Waals surface area contributed by atoms with Crippen molar-refractivity contribution in [3.63, 3.8) is 0 Å². The largest absolute Gasteiger partial charge is 0.310 e. The first-order valence-corrected chi connectivity index (χ1v) is 16.8. The molecule has 9 rings (SSSR count). The van der Waals surface area contributed by atoms with Gasteiger partial charge in [-0.25, -0.2) is 4.39 Å². The number of anilines is 3. The Balaban J connectivity index is 1.24. The van der Waals surface area contributed by atoms with E-state index in [2.05, 4.69) is 120 Å². The second-order valence-electron chi connectivity index (χ2n) is 12.6. The van der Waals surface area contributed by atoms with Crippen molar-refractivity contribution < 1.29 is 4.39 Å². The predicted molar refractivity (Wildman–Crippen MR) is 189 cm³/mol. The fourth-order valence-electron chi connectivity index (χ4n) is 7.97. The number of benzene rings is 6. The lowest BCUT2D eigenvalue weighted by Crippen LogP contribution is -2.37. The Kier molecular flexibility index (Phi) is 6.18. The van der Waals surface area contributed by atoms with Gasteiger partial charge in [-0.3, -0.25) is 0 Å². The van der Waals surface area contributed by atoms with E-state index >= 15 is 4.39 Å². The van der Waals surface area contributed by atoms with Crippen molar-refractivity contribution in [2.75, 3.05) is 4.90 Å². The molecule has 1 aromatic heterocycles. The van der Waals surface area contributed by atoms with Crippen LogP contribution in [-0.4, -0.2) is 0 Å². The Morgan fingerprint density at radius 2 is 1.13 bits per heavy atom. The van der Waals surface area contributed by atoms with Crippen LogP contribution in [0.1, 0.15) is 43.2 Å². The fourth-order valence-corrected chi connectivity index (χ4v) is 9.05. The van der Waals surface area contributed by atoms with Crippen molar-refractivity contribution in [2.24, 2.45) is 0 Å². The lowest BCUT2D eigenvalue weighted by atomic mass is 9.62. The van der Waals surface area contributed by atoms with E-state index in [1.807, 2.05) is 23.5 Å². The number of halogens is 1. The normalized spacial score (nSPS) is 15.4. The van der Waals surface area contributed by atoms with Gasteiger partial charge in [-0.1, -0.05) is 92.1 Å². The van der Waals surface area contributed by atoms with Crippen LogP contribution in [0, 0.1) is 5.82 Å². The molecule has 218 valence electrons. The molecule has 0 amide bonds. The Hall–Kier alpha value is -4.73. The van der Waals surface area contributed by atoms with Crippen LogP contribution >= 0.6 is 11.3 Å². The first-order valence-electron chi connectivity index (χ1n) is 16.0. The van der Waals surface area contributed by atoms with Crippen LogP contribution in [0.15, 0.2) is 133 Å². The van der Waals surface area contributed by atoms with Crippen molar-refractivity contribution in [2.45, 2.75) is 37.5 Å². The third-order valence-corrected chi connectivity index (χ3v) is 11.3. The summed E-state index contributed by atoms with van der Waals surface area (Å²) in [5.41, 5.74) is 10.5. The molecule has 7 aromatic rings. The van der Waals surface area contributed by atoms with Gasteiger partial charge in [0.25, 0.3) is 0 Å². The highest BCUT2D eigenvalue weighted by Crippen LogP contribution is 2.58. The van der Waals surface area contributed by atoms with Gasteiger partial charge < -0.3 is 4.90 Å². The molecule has 6 aromatic carbocycles. The van der Waals surface area contributed by atoms with Crippen LogP contribution in [0.5, 0.6) is 0 Å². The van der Waals surface area contributed by atoms with Gasteiger partial charge in [0.2, 0.25) is 0 Å². The maximum absolute atomic E-state index is 15.2. The number of nitrogens with zero attached hydrogens (tertiary/aromatic N) is 1. The number of rotatable bonds is 3. The predicted octanol–water partition coefficient (Wildman–Crippen LogP) is 12.6. The molecule has 1 aliphatic heterocycles. The monoisotopic (exact) mass is 601 g/mol. The van der Waals surface area contributed by atoms with Crippen LogP contribution in [0.25, 0.3) is 42.4 Å². The van der Waals surface area contributed by atoms with Gasteiger partial charge in [0.15, 0.2) is 0 Å². The summed E-state index contributed by atoms with van der Waals surface area (Å²) in [4.78, 5) is 2.36. The molecule has 1 aliphatic carbocycles. The molecular weight excluding hydrogens is 570 g/mol. The first kappa shape index (κ1) is 26.7. The minimum Gasteiger partial charge on any atom is -0.310 e. The van der Waals surface area contributed by atoms with E-state index in [1.54, 1.807) is 6.07 Å². The van der Waals surface area contributed by atoms with E-state index in [0.717, 1.165) is 42.6 Å². The molecule has 1 nitrogen and oxygen atoms in total. The standard InChI is InChI=1S/C42H32FNS/c43-32-17-21-39-37(27-32)42(23-7-2-8-24-42)36-26-31(30-16-22-41-35(25-30)34-11-5-6-12-40(34)45-41)15-20-38(36)44(39)33-18-13-29(14-19-33)28-9-3-1-4-10-28/h1,3-6,9-22,25-27H,2,7-8,23-24H2. The molecule has 0 N–H and O–H groups in total. The first-order chi connectivity index (χ1) is 22.2. The summed E-state index contributed by atoms with van der Waals surface area (Å²) in [6.07, 6.45) is 5.61. The van der Waals surface area contributed by atoms with E-state index in [1.165, 1.54) is 60.1 Å². The van der Waals surface area contributed by atoms with Gasteiger partial charge in [-0.2, -0.15) is 0 Å². The zero-order valence-corrected chi connectivity index (χ0v) is 25.8. The second-order valence-corrected chi connectivity index (χ2v) is 13.7. The van der Waals surface area contributed by atoms with Gasteiger partial charge in [0.05, 0.1) is 11.4 Å². The molecule has 1 spiro atoms. The highest BCUT2D eigenvalue weighted by molar-refractivity contribution is 7.25. The van der Waals surface area contributed by atoms with Gasteiger partial charge in [-0.15, -0.1) is 11.3 Å². The Morgan fingerprint density at radius 3 is 1.96 bits per heavy atom. The Morgan fingerprint density at radius 1 is 0.511 bits per heavy atom. The maximum Gasteiger partial charge on any atom is 0.123 e. The van der Waals surface area contributed by atoms with Crippen LogP contribution < -0.4 is 4.90 Å². The SMILES string of the molecule is Fc1ccc2c(c1)C1(CCCCC1)c1cc(-c3ccc4sc5ccccc5c4c3)ccc1N2c1ccc(-c2ccccc2)cc1. The van der Waals surface area contributed by atoms with Crippen LogP contribution in [0.4, 0.5) is 21.5 Å². The van der Waals surface area contributed by atoms with Crippen molar-refractivity contribution >= 4 is 48.6 Å². The van der Waals surface area contributed by atoms with Crippen LogP contribution in [0.2, 0.25) is 0 Å². The lowest BCUT2D eigenvalue weighted by molar-refractivity contribution is 0.343. The molecule has 3 heteroatoms. The van der Waals surface area contributed by atoms with E-state index in [4.69, 9.17) is 0 Å². The number of hydrogen-bond acceptors (Lipinski definition) is 2. The van der Waals surface area contributed by atoms with Crippen molar-refractivity contribution in [3.8, 4) is 22.3 Å². The summed E-state index contributed by atoms with van der Waals surface area (Å²) in [5.74, 6) is -0.160. The molecular formula is C42H32FNS. The highest BCUT2D eigenvalue weighted by atomic mass is 32.1. The summed E-state index contributed by atoms with van der Waals surface area (Å²) in [7, 11) is 0. The lowest BCUT2D eigenvalue weighted by Gasteiger charge is -2.47. The Bertz CT molecular complexity index is 2210. The minimum atomic E-state index is -0.208. The van der Waals surface area contributed by atoms with Gasteiger partial charge in [0, 0.05) is 31.3 Å². The summed E-state index contributed by atoms with van der Waals surface area (Å²) >= 11 is 1.85. The van der Waals surface area contributed by atoms with E-state index in [-0.39, 0.29) is 11.2 Å². The Labute approximate surface area is 267 Å². The number of thiophene rings is 1. The summed E-state index contributed by atoms with van der Waals surface area (Å²) in [6, 6.07) is 47.4. The minimum absolute atomic E-state index is 0.160. The number of hydrogen-bond donors (Lipinski definition) is 0. The molecule has 2 heterocycles. The number of fused-ring (bicyclic) bond motifs is 7. The molecule has 45 heavy (non-hydrogen) atoms. The second kappa shape index (κ2) is 10.4. The summed E-state index contributed by atoms with van der Waals surface area (Å²) in [6.45, 7) is 0. The highest BCUT2D eigenvalue weighted by Gasteiger charge is 2.44. The molecule has 0 radical (unpaired) electrons. The van der Waals surface area contributed by atoms with Gasteiger partial charge in [-0.05, 0) is 107 Å². The van der Waals surface area contributed by atoms with Crippen LogP contribution in [-0.2, 0) is 5.41 Å². The zero-order chi connectivity index (χ0) is 30.0. The van der Waals surface area contributed by atoms with Gasteiger partial charge in [0.1, 0.15) is 5.82 Å². The third kappa shape index (κ3) is 4.25. The maximum atomic E-state index is 15.2. The van der Waals surface area contributed by atoms with Gasteiger partial charge >= 0.3 is 0 Å². The van der Waals surface area contributed by atoms with Crippen molar-refractivity contribution in [1.82, 2.24) is 0 Å².